The predicted molar refractivity (Wildman–Crippen MR) is 128 cm³/mol. The van der Waals surface area contributed by atoms with E-state index in [4.69, 9.17) is 9.84 Å². The Hall–Kier alpha value is -3.35. The number of fused-ring (bicyclic) bond motifs is 3. The number of alkyl carbamates (subject to hydrolysis) is 1. The molecule has 1 atom stereocenters. The van der Waals surface area contributed by atoms with Gasteiger partial charge in [0, 0.05) is 18.4 Å². The van der Waals surface area contributed by atoms with Crippen molar-refractivity contribution in [1.82, 2.24) is 10.6 Å². The maximum absolute atomic E-state index is 13.0. The number of nitrogens with one attached hydrogen (secondary N) is 2. The van der Waals surface area contributed by atoms with Gasteiger partial charge in [-0.3, -0.25) is 9.59 Å². The minimum absolute atomic E-state index is 0.0504. The SMILES string of the molecule is CCCC(C)(NC(=O)OCC1c2ccccc2-c2ccccc21)C(=O)NC1CC(CC(=O)O)C1. The summed E-state index contributed by atoms with van der Waals surface area (Å²) in [7, 11) is 0. The molecule has 7 heteroatoms. The Kier molecular flexibility index (Phi) is 6.91. The first-order valence-electron chi connectivity index (χ1n) is 12.0. The number of carbonyl (C=O) groups excluding carboxylic acids is 2. The Morgan fingerprint density at radius 2 is 1.62 bits per heavy atom. The van der Waals surface area contributed by atoms with Crippen LogP contribution in [0.2, 0.25) is 0 Å². The van der Waals surface area contributed by atoms with Crippen LogP contribution in [0.15, 0.2) is 48.5 Å². The Morgan fingerprint density at radius 1 is 1.03 bits per heavy atom. The van der Waals surface area contributed by atoms with E-state index in [1.807, 2.05) is 31.2 Å². The van der Waals surface area contributed by atoms with Crippen molar-refractivity contribution in [2.75, 3.05) is 6.61 Å². The van der Waals surface area contributed by atoms with Crippen molar-refractivity contribution < 1.29 is 24.2 Å². The first kappa shape index (κ1) is 23.8. The van der Waals surface area contributed by atoms with Crippen LogP contribution in [-0.2, 0) is 14.3 Å². The zero-order chi connectivity index (χ0) is 24.3. The molecular weight excluding hydrogens is 432 g/mol. The van der Waals surface area contributed by atoms with E-state index in [1.165, 1.54) is 0 Å². The van der Waals surface area contributed by atoms with Gasteiger partial charge in [0.25, 0.3) is 0 Å². The molecule has 4 rings (SSSR count). The maximum atomic E-state index is 13.0. The molecule has 3 N–H and O–H groups in total. The minimum Gasteiger partial charge on any atom is -0.481 e. The van der Waals surface area contributed by atoms with Gasteiger partial charge in [-0.25, -0.2) is 4.79 Å². The smallest absolute Gasteiger partial charge is 0.408 e. The fourth-order valence-electron chi connectivity index (χ4n) is 5.20. The summed E-state index contributed by atoms with van der Waals surface area (Å²) >= 11 is 0. The standard InChI is InChI=1S/C27H32N2O5/c1-3-12-27(2,25(32)28-18-13-17(14-18)15-24(30)31)29-26(33)34-16-23-21-10-6-4-8-19(21)20-9-5-7-11-22(20)23/h4-11,17-18,23H,3,12-16H2,1-2H3,(H,28,32)(H,29,33)(H,30,31). The van der Waals surface area contributed by atoms with E-state index in [0.717, 1.165) is 22.3 Å². The molecular formula is C27H32N2O5. The van der Waals surface area contributed by atoms with Crippen LogP contribution in [0.3, 0.4) is 0 Å². The van der Waals surface area contributed by atoms with Crippen LogP contribution < -0.4 is 10.6 Å². The number of benzene rings is 2. The van der Waals surface area contributed by atoms with Gasteiger partial charge in [0.1, 0.15) is 12.1 Å². The van der Waals surface area contributed by atoms with Crippen molar-refractivity contribution >= 4 is 18.0 Å². The lowest BCUT2D eigenvalue weighted by atomic mass is 9.77. The van der Waals surface area contributed by atoms with Crippen LogP contribution in [0.25, 0.3) is 11.1 Å². The van der Waals surface area contributed by atoms with Crippen LogP contribution in [0.4, 0.5) is 4.79 Å². The maximum Gasteiger partial charge on any atom is 0.408 e. The van der Waals surface area contributed by atoms with Crippen LogP contribution in [0, 0.1) is 5.92 Å². The molecule has 7 nitrogen and oxygen atoms in total. The summed E-state index contributed by atoms with van der Waals surface area (Å²) in [5.41, 5.74) is 3.47. The zero-order valence-corrected chi connectivity index (χ0v) is 19.7. The van der Waals surface area contributed by atoms with E-state index < -0.39 is 17.6 Å². The van der Waals surface area contributed by atoms with Crippen LogP contribution in [0.5, 0.6) is 0 Å². The van der Waals surface area contributed by atoms with E-state index in [-0.39, 0.29) is 36.8 Å². The Morgan fingerprint density at radius 3 is 2.18 bits per heavy atom. The molecule has 1 saturated carbocycles. The summed E-state index contributed by atoms with van der Waals surface area (Å²) < 4.78 is 5.64. The molecule has 2 aromatic rings. The fraction of sp³-hybridized carbons (Fsp3) is 0.444. The molecule has 1 unspecified atom stereocenters. The van der Waals surface area contributed by atoms with Crippen LogP contribution in [0.1, 0.15) is 63.0 Å². The van der Waals surface area contributed by atoms with Gasteiger partial charge < -0.3 is 20.5 Å². The summed E-state index contributed by atoms with van der Waals surface area (Å²) in [6, 6.07) is 16.2. The summed E-state index contributed by atoms with van der Waals surface area (Å²) in [6.45, 7) is 3.85. The Balaban J connectivity index is 1.36. The van der Waals surface area contributed by atoms with Gasteiger partial charge in [-0.05, 0) is 54.4 Å². The van der Waals surface area contributed by atoms with Crippen molar-refractivity contribution in [3.8, 4) is 11.1 Å². The van der Waals surface area contributed by atoms with Gasteiger partial charge in [0.2, 0.25) is 5.91 Å². The number of carboxylic acid groups (broad SMARTS) is 1. The van der Waals surface area contributed by atoms with Gasteiger partial charge in [0.05, 0.1) is 0 Å². The third kappa shape index (κ3) is 4.93. The van der Waals surface area contributed by atoms with E-state index >= 15 is 0 Å². The van der Waals surface area contributed by atoms with Crippen molar-refractivity contribution in [2.45, 2.75) is 63.5 Å². The lowest BCUT2D eigenvalue weighted by molar-refractivity contribution is -0.139. The van der Waals surface area contributed by atoms with E-state index in [9.17, 15) is 14.4 Å². The highest BCUT2D eigenvalue weighted by Crippen LogP contribution is 2.44. The number of carbonyl (C=O) groups is 3. The normalized spacial score (nSPS) is 20.3. The second kappa shape index (κ2) is 9.87. The first-order valence-corrected chi connectivity index (χ1v) is 12.0. The monoisotopic (exact) mass is 464 g/mol. The topological polar surface area (TPSA) is 105 Å². The molecule has 180 valence electrons. The molecule has 0 aromatic heterocycles. The van der Waals surface area contributed by atoms with E-state index in [0.29, 0.717) is 25.7 Å². The number of carboxylic acids is 1. The van der Waals surface area contributed by atoms with Gasteiger partial charge in [0.15, 0.2) is 0 Å². The van der Waals surface area contributed by atoms with Crippen molar-refractivity contribution in [3.63, 3.8) is 0 Å². The van der Waals surface area contributed by atoms with E-state index in [2.05, 4.69) is 34.9 Å². The Labute approximate surface area is 199 Å². The van der Waals surface area contributed by atoms with Crippen molar-refractivity contribution in [3.05, 3.63) is 59.7 Å². The number of hydrogen-bond acceptors (Lipinski definition) is 4. The van der Waals surface area contributed by atoms with Gasteiger partial charge >= 0.3 is 12.1 Å². The van der Waals surface area contributed by atoms with Gasteiger partial charge in [-0.2, -0.15) is 0 Å². The molecule has 0 heterocycles. The Bertz CT molecular complexity index is 1030. The van der Waals surface area contributed by atoms with Crippen molar-refractivity contribution in [2.24, 2.45) is 5.92 Å². The van der Waals surface area contributed by atoms with Gasteiger partial charge in [-0.15, -0.1) is 0 Å². The molecule has 1 fully saturated rings. The average Bonchev–Trinajstić information content (AvgIpc) is 3.10. The third-order valence-electron chi connectivity index (χ3n) is 7.01. The molecule has 2 amide bonds. The summed E-state index contributed by atoms with van der Waals surface area (Å²) in [6.07, 6.45) is 1.96. The summed E-state index contributed by atoms with van der Waals surface area (Å²) in [4.78, 5) is 36.6. The number of hydrogen-bond donors (Lipinski definition) is 3. The molecule has 2 aliphatic carbocycles. The highest BCUT2D eigenvalue weighted by molar-refractivity contribution is 5.90. The predicted octanol–water partition coefficient (Wildman–Crippen LogP) is 4.45. The lowest BCUT2D eigenvalue weighted by Gasteiger charge is -2.38. The summed E-state index contributed by atoms with van der Waals surface area (Å²) in [5, 5.41) is 14.7. The molecule has 34 heavy (non-hydrogen) atoms. The largest absolute Gasteiger partial charge is 0.481 e. The highest BCUT2D eigenvalue weighted by Gasteiger charge is 2.39. The van der Waals surface area contributed by atoms with Gasteiger partial charge in [-0.1, -0.05) is 61.9 Å². The third-order valence-corrected chi connectivity index (χ3v) is 7.01. The van der Waals surface area contributed by atoms with Crippen LogP contribution in [-0.4, -0.2) is 41.3 Å². The fourth-order valence-corrected chi connectivity index (χ4v) is 5.20. The number of rotatable bonds is 9. The molecule has 2 aliphatic rings. The minimum atomic E-state index is -1.10. The van der Waals surface area contributed by atoms with Crippen LogP contribution >= 0.6 is 0 Å². The highest BCUT2D eigenvalue weighted by atomic mass is 16.5. The number of ether oxygens (including phenoxy) is 1. The first-order chi connectivity index (χ1) is 16.3. The average molecular weight is 465 g/mol. The molecule has 0 radical (unpaired) electrons. The quantitative estimate of drug-likeness (QED) is 0.508. The number of amides is 2. The van der Waals surface area contributed by atoms with E-state index in [1.54, 1.807) is 6.92 Å². The second-order valence-corrected chi connectivity index (χ2v) is 9.64. The lowest BCUT2D eigenvalue weighted by Crippen LogP contribution is -2.60. The number of aliphatic carboxylic acids is 1. The molecule has 0 saturated heterocycles. The molecule has 0 spiro atoms. The second-order valence-electron chi connectivity index (χ2n) is 9.64. The zero-order valence-electron chi connectivity index (χ0n) is 19.7. The van der Waals surface area contributed by atoms with Crippen molar-refractivity contribution in [1.29, 1.82) is 0 Å². The summed E-state index contributed by atoms with van der Waals surface area (Å²) in [5.74, 6) is -1.04. The molecule has 2 aromatic carbocycles. The molecule has 0 bridgehead atoms. The molecule has 0 aliphatic heterocycles.